The largest absolute Gasteiger partial charge is 0.318 e. The molecule has 18 heavy (non-hydrogen) atoms. The molecule has 1 heterocycles. The van der Waals surface area contributed by atoms with Gasteiger partial charge in [0.2, 0.25) is 0 Å². The lowest BCUT2D eigenvalue weighted by atomic mass is 10.3. The van der Waals surface area contributed by atoms with Gasteiger partial charge in [-0.05, 0) is 24.3 Å². The molecule has 0 unspecified atom stereocenters. The van der Waals surface area contributed by atoms with Gasteiger partial charge in [0.1, 0.15) is 0 Å². The Labute approximate surface area is 104 Å². The van der Waals surface area contributed by atoms with Gasteiger partial charge < -0.3 is 10.6 Å². The van der Waals surface area contributed by atoms with Crippen LogP contribution in [0.15, 0.2) is 54.9 Å². The van der Waals surface area contributed by atoms with Gasteiger partial charge in [-0.3, -0.25) is 14.6 Å². The van der Waals surface area contributed by atoms with Crippen molar-refractivity contribution in [2.45, 2.75) is 0 Å². The molecule has 0 atom stereocenters. The van der Waals surface area contributed by atoms with E-state index in [1.807, 2.05) is 6.07 Å². The summed E-state index contributed by atoms with van der Waals surface area (Å²) in [6.07, 6.45) is 3.06. The maximum absolute atomic E-state index is 11.6. The predicted molar refractivity (Wildman–Crippen MR) is 67.9 cm³/mol. The van der Waals surface area contributed by atoms with Crippen LogP contribution in [0.25, 0.3) is 0 Å². The van der Waals surface area contributed by atoms with Crippen molar-refractivity contribution in [1.29, 1.82) is 0 Å². The fraction of sp³-hybridized carbons (Fsp3) is 0. The van der Waals surface area contributed by atoms with E-state index in [4.69, 9.17) is 0 Å². The standard InChI is InChI=1S/C13H11N3O2/c17-12(15-10-4-2-1-3-5-10)13(18)16-11-6-8-14-9-7-11/h1-9H,(H,15,17)(H,14,16,18). The minimum atomic E-state index is -0.718. The molecule has 90 valence electrons. The molecular weight excluding hydrogens is 230 g/mol. The number of amides is 2. The van der Waals surface area contributed by atoms with Gasteiger partial charge in [-0.2, -0.15) is 0 Å². The molecule has 2 aromatic rings. The summed E-state index contributed by atoms with van der Waals surface area (Å²) in [5.74, 6) is -1.43. The molecule has 0 fully saturated rings. The van der Waals surface area contributed by atoms with Gasteiger partial charge in [0.05, 0.1) is 0 Å². The highest BCUT2D eigenvalue weighted by Crippen LogP contribution is 2.06. The lowest BCUT2D eigenvalue weighted by molar-refractivity contribution is -0.132. The zero-order valence-electron chi connectivity index (χ0n) is 9.46. The van der Waals surface area contributed by atoms with Crippen molar-refractivity contribution in [3.8, 4) is 0 Å². The van der Waals surface area contributed by atoms with Gasteiger partial charge in [-0.15, -0.1) is 0 Å². The number of aromatic nitrogens is 1. The Balaban J connectivity index is 1.96. The molecule has 5 heteroatoms. The van der Waals surface area contributed by atoms with E-state index in [-0.39, 0.29) is 0 Å². The zero-order chi connectivity index (χ0) is 12.8. The van der Waals surface area contributed by atoms with E-state index >= 15 is 0 Å². The van der Waals surface area contributed by atoms with Crippen molar-refractivity contribution >= 4 is 23.2 Å². The van der Waals surface area contributed by atoms with E-state index in [0.29, 0.717) is 11.4 Å². The zero-order valence-corrected chi connectivity index (χ0v) is 9.46. The average Bonchev–Trinajstić information content (AvgIpc) is 2.41. The number of nitrogens with zero attached hydrogens (tertiary/aromatic N) is 1. The van der Waals surface area contributed by atoms with Crippen LogP contribution in [0.5, 0.6) is 0 Å². The first kappa shape index (κ1) is 11.8. The van der Waals surface area contributed by atoms with E-state index < -0.39 is 11.8 Å². The second kappa shape index (κ2) is 5.58. The van der Waals surface area contributed by atoms with E-state index in [0.717, 1.165) is 0 Å². The van der Waals surface area contributed by atoms with Crippen LogP contribution < -0.4 is 10.6 Å². The van der Waals surface area contributed by atoms with Gasteiger partial charge in [-0.1, -0.05) is 18.2 Å². The molecule has 0 bridgehead atoms. The van der Waals surface area contributed by atoms with Gasteiger partial charge in [0.25, 0.3) is 0 Å². The summed E-state index contributed by atoms with van der Waals surface area (Å²) < 4.78 is 0. The molecule has 0 aliphatic heterocycles. The van der Waals surface area contributed by atoms with Gasteiger partial charge in [-0.25, -0.2) is 0 Å². The van der Waals surface area contributed by atoms with Crippen molar-refractivity contribution in [2.75, 3.05) is 10.6 Å². The lowest BCUT2D eigenvalue weighted by Crippen LogP contribution is -2.29. The van der Waals surface area contributed by atoms with Crippen LogP contribution in [0.2, 0.25) is 0 Å². The summed E-state index contributed by atoms with van der Waals surface area (Å²) in [6, 6.07) is 12.0. The first-order chi connectivity index (χ1) is 8.75. The Hall–Kier alpha value is -2.69. The molecule has 5 nitrogen and oxygen atoms in total. The summed E-state index contributed by atoms with van der Waals surface area (Å²) in [7, 11) is 0. The molecule has 1 aromatic heterocycles. The molecule has 0 aliphatic carbocycles. The van der Waals surface area contributed by atoms with E-state index in [1.165, 1.54) is 12.4 Å². The van der Waals surface area contributed by atoms with Crippen LogP contribution in [0.4, 0.5) is 11.4 Å². The maximum Gasteiger partial charge on any atom is 0.314 e. The maximum atomic E-state index is 11.6. The highest BCUT2D eigenvalue weighted by molar-refractivity contribution is 6.43. The monoisotopic (exact) mass is 241 g/mol. The number of anilines is 2. The SMILES string of the molecule is O=C(Nc1ccccc1)C(=O)Nc1ccncc1. The predicted octanol–water partition coefficient (Wildman–Crippen LogP) is 1.66. The van der Waals surface area contributed by atoms with Crippen LogP contribution in [0.1, 0.15) is 0 Å². The Morgan fingerprint density at radius 3 is 1.83 bits per heavy atom. The number of hydrogen-bond donors (Lipinski definition) is 2. The Kier molecular flexibility index (Phi) is 3.66. The number of pyridine rings is 1. The lowest BCUT2D eigenvalue weighted by Gasteiger charge is -2.05. The smallest absolute Gasteiger partial charge is 0.314 e. The van der Waals surface area contributed by atoms with Gasteiger partial charge >= 0.3 is 11.8 Å². The van der Waals surface area contributed by atoms with Crippen LogP contribution in [-0.2, 0) is 9.59 Å². The molecule has 2 rings (SSSR count). The number of rotatable bonds is 2. The average molecular weight is 241 g/mol. The van der Waals surface area contributed by atoms with Crippen molar-refractivity contribution < 1.29 is 9.59 Å². The highest BCUT2D eigenvalue weighted by Gasteiger charge is 2.13. The quantitative estimate of drug-likeness (QED) is 0.785. The third kappa shape index (κ3) is 3.15. The number of para-hydroxylation sites is 1. The third-order valence-corrected chi connectivity index (χ3v) is 2.18. The molecule has 2 amide bonds. The number of carbonyl (C=O) groups is 2. The van der Waals surface area contributed by atoms with Crippen LogP contribution in [0, 0.1) is 0 Å². The molecule has 0 saturated heterocycles. The summed E-state index contributed by atoms with van der Waals surface area (Å²) in [5.41, 5.74) is 1.10. The highest BCUT2D eigenvalue weighted by atomic mass is 16.2. The van der Waals surface area contributed by atoms with Crippen molar-refractivity contribution in [3.05, 3.63) is 54.9 Å². The van der Waals surface area contributed by atoms with Crippen molar-refractivity contribution in [1.82, 2.24) is 4.98 Å². The van der Waals surface area contributed by atoms with Crippen molar-refractivity contribution in [3.63, 3.8) is 0 Å². The van der Waals surface area contributed by atoms with Crippen LogP contribution in [0.3, 0.4) is 0 Å². The molecule has 0 saturated carbocycles. The summed E-state index contributed by atoms with van der Waals surface area (Å²) >= 11 is 0. The minimum Gasteiger partial charge on any atom is -0.318 e. The summed E-state index contributed by atoms with van der Waals surface area (Å²) in [4.78, 5) is 27.0. The summed E-state index contributed by atoms with van der Waals surface area (Å²) in [6.45, 7) is 0. The first-order valence-electron chi connectivity index (χ1n) is 5.33. The van der Waals surface area contributed by atoms with E-state index in [2.05, 4.69) is 15.6 Å². The van der Waals surface area contributed by atoms with Crippen molar-refractivity contribution in [2.24, 2.45) is 0 Å². The first-order valence-corrected chi connectivity index (χ1v) is 5.33. The summed E-state index contributed by atoms with van der Waals surface area (Å²) in [5, 5.41) is 4.97. The molecule has 0 radical (unpaired) electrons. The second-order valence-corrected chi connectivity index (χ2v) is 3.51. The molecule has 2 N–H and O–H groups in total. The normalized spacial score (nSPS) is 9.56. The molecule has 1 aromatic carbocycles. The van der Waals surface area contributed by atoms with Gasteiger partial charge in [0.15, 0.2) is 0 Å². The number of carbonyl (C=O) groups excluding carboxylic acids is 2. The van der Waals surface area contributed by atoms with Crippen LogP contribution in [-0.4, -0.2) is 16.8 Å². The number of nitrogens with one attached hydrogen (secondary N) is 2. The third-order valence-electron chi connectivity index (χ3n) is 2.18. The molecular formula is C13H11N3O2. The number of benzene rings is 1. The van der Waals surface area contributed by atoms with E-state index in [9.17, 15) is 9.59 Å². The Bertz CT molecular complexity index is 489. The topological polar surface area (TPSA) is 71.1 Å². The Morgan fingerprint density at radius 1 is 0.778 bits per heavy atom. The minimum absolute atomic E-state index is 0.526. The Morgan fingerprint density at radius 2 is 1.28 bits per heavy atom. The molecule has 0 spiro atoms. The van der Waals surface area contributed by atoms with Crippen LogP contribution >= 0.6 is 0 Å². The second-order valence-electron chi connectivity index (χ2n) is 3.51. The van der Waals surface area contributed by atoms with E-state index in [1.54, 1.807) is 36.4 Å². The molecule has 0 aliphatic rings. The fourth-order valence-electron chi connectivity index (χ4n) is 1.33. The fourth-order valence-corrected chi connectivity index (χ4v) is 1.33. The number of hydrogen-bond acceptors (Lipinski definition) is 3. The van der Waals surface area contributed by atoms with Gasteiger partial charge in [0, 0.05) is 23.8 Å².